The first-order valence-corrected chi connectivity index (χ1v) is 6.87. The van der Waals surface area contributed by atoms with Crippen LogP contribution in [-0.2, 0) is 17.6 Å². The summed E-state index contributed by atoms with van der Waals surface area (Å²) in [7, 11) is 0. The number of rotatable bonds is 6. The molecule has 2 rings (SSSR count). The van der Waals surface area contributed by atoms with E-state index in [1.807, 2.05) is 6.92 Å². The molecule has 0 aliphatic carbocycles. The number of aromatic nitrogens is 1. The van der Waals surface area contributed by atoms with Gasteiger partial charge in [-0.2, -0.15) is 0 Å². The molecule has 20 heavy (non-hydrogen) atoms. The SMILES string of the molecule is Cc1ccc(CCC(=O)NCCc2coc(C)n2)cc1. The third-order valence-electron chi connectivity index (χ3n) is 3.13. The molecule has 4 heteroatoms. The van der Waals surface area contributed by atoms with E-state index >= 15 is 0 Å². The van der Waals surface area contributed by atoms with Crippen LogP contribution in [0.4, 0.5) is 0 Å². The largest absolute Gasteiger partial charge is 0.449 e. The molecule has 0 saturated heterocycles. The Morgan fingerprint density at radius 2 is 1.95 bits per heavy atom. The fourth-order valence-electron chi connectivity index (χ4n) is 1.95. The van der Waals surface area contributed by atoms with Crippen molar-refractivity contribution in [3.05, 3.63) is 53.2 Å². The van der Waals surface area contributed by atoms with Crippen molar-refractivity contribution in [1.29, 1.82) is 0 Å². The first-order valence-electron chi connectivity index (χ1n) is 6.87. The van der Waals surface area contributed by atoms with Gasteiger partial charge in [-0.25, -0.2) is 4.98 Å². The van der Waals surface area contributed by atoms with E-state index in [0.717, 1.165) is 12.1 Å². The molecule has 1 N–H and O–H groups in total. The number of aryl methyl sites for hydroxylation is 3. The third kappa shape index (κ3) is 4.53. The van der Waals surface area contributed by atoms with Crippen molar-refractivity contribution in [2.75, 3.05) is 6.54 Å². The quantitative estimate of drug-likeness (QED) is 0.879. The van der Waals surface area contributed by atoms with Crippen LogP contribution in [0.5, 0.6) is 0 Å². The Morgan fingerprint density at radius 3 is 2.60 bits per heavy atom. The monoisotopic (exact) mass is 272 g/mol. The van der Waals surface area contributed by atoms with Gasteiger partial charge in [0.25, 0.3) is 0 Å². The van der Waals surface area contributed by atoms with Crippen LogP contribution in [0, 0.1) is 13.8 Å². The van der Waals surface area contributed by atoms with Crippen LogP contribution >= 0.6 is 0 Å². The van der Waals surface area contributed by atoms with Crippen LogP contribution < -0.4 is 5.32 Å². The van der Waals surface area contributed by atoms with E-state index in [9.17, 15) is 4.79 Å². The molecular weight excluding hydrogens is 252 g/mol. The molecule has 0 bridgehead atoms. The number of hydrogen-bond donors (Lipinski definition) is 1. The lowest BCUT2D eigenvalue weighted by Gasteiger charge is -2.04. The van der Waals surface area contributed by atoms with Gasteiger partial charge in [0.05, 0.1) is 5.69 Å². The Balaban J connectivity index is 1.66. The zero-order chi connectivity index (χ0) is 14.4. The summed E-state index contributed by atoms with van der Waals surface area (Å²) in [5, 5.41) is 2.90. The van der Waals surface area contributed by atoms with E-state index < -0.39 is 0 Å². The second-order valence-corrected chi connectivity index (χ2v) is 4.94. The topological polar surface area (TPSA) is 55.1 Å². The molecule has 1 aromatic carbocycles. The van der Waals surface area contributed by atoms with E-state index in [-0.39, 0.29) is 5.91 Å². The number of oxazole rings is 1. The maximum atomic E-state index is 11.7. The summed E-state index contributed by atoms with van der Waals surface area (Å²) in [6.07, 6.45) is 3.62. The fraction of sp³-hybridized carbons (Fsp3) is 0.375. The van der Waals surface area contributed by atoms with E-state index in [1.165, 1.54) is 11.1 Å². The number of nitrogens with one attached hydrogen (secondary N) is 1. The van der Waals surface area contributed by atoms with Gasteiger partial charge in [-0.1, -0.05) is 29.8 Å². The average Bonchev–Trinajstić information content (AvgIpc) is 2.84. The van der Waals surface area contributed by atoms with Crippen LogP contribution in [-0.4, -0.2) is 17.4 Å². The lowest BCUT2D eigenvalue weighted by Crippen LogP contribution is -2.25. The third-order valence-corrected chi connectivity index (χ3v) is 3.13. The van der Waals surface area contributed by atoms with Crippen molar-refractivity contribution in [3.8, 4) is 0 Å². The molecule has 0 spiro atoms. The summed E-state index contributed by atoms with van der Waals surface area (Å²) in [5.74, 6) is 0.733. The van der Waals surface area contributed by atoms with Crippen molar-refractivity contribution >= 4 is 5.91 Å². The van der Waals surface area contributed by atoms with E-state index in [2.05, 4.69) is 41.5 Å². The van der Waals surface area contributed by atoms with Crippen LogP contribution in [0.2, 0.25) is 0 Å². The molecule has 0 saturated carbocycles. The molecular formula is C16H20N2O2. The average molecular weight is 272 g/mol. The van der Waals surface area contributed by atoms with Gasteiger partial charge in [-0.15, -0.1) is 0 Å². The zero-order valence-corrected chi connectivity index (χ0v) is 12.0. The Labute approximate surface area is 119 Å². The number of amides is 1. The molecule has 1 amide bonds. The first kappa shape index (κ1) is 14.3. The van der Waals surface area contributed by atoms with Crippen molar-refractivity contribution in [3.63, 3.8) is 0 Å². The van der Waals surface area contributed by atoms with Gasteiger partial charge in [0.2, 0.25) is 5.91 Å². The highest BCUT2D eigenvalue weighted by molar-refractivity contribution is 5.76. The number of benzene rings is 1. The molecule has 0 aliphatic heterocycles. The molecule has 0 aliphatic rings. The van der Waals surface area contributed by atoms with Gasteiger partial charge in [-0.05, 0) is 18.9 Å². The molecule has 106 valence electrons. The molecule has 0 atom stereocenters. The highest BCUT2D eigenvalue weighted by Crippen LogP contribution is 2.05. The fourth-order valence-corrected chi connectivity index (χ4v) is 1.95. The lowest BCUT2D eigenvalue weighted by molar-refractivity contribution is -0.121. The summed E-state index contributed by atoms with van der Waals surface area (Å²) in [4.78, 5) is 15.9. The van der Waals surface area contributed by atoms with E-state index in [0.29, 0.717) is 25.3 Å². The molecule has 1 heterocycles. The maximum absolute atomic E-state index is 11.7. The number of carbonyl (C=O) groups is 1. The van der Waals surface area contributed by atoms with Crippen molar-refractivity contribution in [2.45, 2.75) is 33.1 Å². The molecule has 4 nitrogen and oxygen atoms in total. The Hall–Kier alpha value is -2.10. The Kier molecular flexibility index (Phi) is 4.93. The minimum atomic E-state index is 0.0748. The molecule has 0 fully saturated rings. The molecule has 0 unspecified atom stereocenters. The summed E-state index contributed by atoms with van der Waals surface area (Å²) >= 11 is 0. The second-order valence-electron chi connectivity index (χ2n) is 4.94. The summed E-state index contributed by atoms with van der Waals surface area (Å²) in [6, 6.07) is 8.28. The van der Waals surface area contributed by atoms with Gasteiger partial charge < -0.3 is 9.73 Å². The van der Waals surface area contributed by atoms with E-state index in [4.69, 9.17) is 4.42 Å². The number of hydrogen-bond acceptors (Lipinski definition) is 3. The zero-order valence-electron chi connectivity index (χ0n) is 12.0. The van der Waals surface area contributed by atoms with Crippen LogP contribution in [0.1, 0.15) is 29.1 Å². The summed E-state index contributed by atoms with van der Waals surface area (Å²) < 4.78 is 5.11. The predicted molar refractivity (Wildman–Crippen MR) is 77.5 cm³/mol. The normalized spacial score (nSPS) is 10.5. The summed E-state index contributed by atoms with van der Waals surface area (Å²) in [6.45, 7) is 4.46. The Morgan fingerprint density at radius 1 is 1.20 bits per heavy atom. The minimum Gasteiger partial charge on any atom is -0.449 e. The predicted octanol–water partition coefficient (Wildman–Crippen LogP) is 2.58. The maximum Gasteiger partial charge on any atom is 0.220 e. The van der Waals surface area contributed by atoms with Crippen LogP contribution in [0.15, 0.2) is 34.9 Å². The molecule has 1 aromatic heterocycles. The molecule has 0 radical (unpaired) electrons. The van der Waals surface area contributed by atoms with Crippen LogP contribution in [0.3, 0.4) is 0 Å². The van der Waals surface area contributed by atoms with Crippen molar-refractivity contribution < 1.29 is 9.21 Å². The standard InChI is InChI=1S/C16H20N2O2/c1-12-3-5-14(6-4-12)7-8-16(19)17-10-9-15-11-20-13(2)18-15/h3-6,11H,7-10H2,1-2H3,(H,17,19). The smallest absolute Gasteiger partial charge is 0.220 e. The van der Waals surface area contributed by atoms with E-state index in [1.54, 1.807) is 6.26 Å². The first-order chi connectivity index (χ1) is 9.63. The van der Waals surface area contributed by atoms with Gasteiger partial charge in [-0.3, -0.25) is 4.79 Å². The van der Waals surface area contributed by atoms with Crippen molar-refractivity contribution in [2.24, 2.45) is 0 Å². The highest BCUT2D eigenvalue weighted by atomic mass is 16.3. The number of nitrogens with zero attached hydrogens (tertiary/aromatic N) is 1. The van der Waals surface area contributed by atoms with Gasteiger partial charge in [0.15, 0.2) is 5.89 Å². The van der Waals surface area contributed by atoms with Gasteiger partial charge in [0.1, 0.15) is 6.26 Å². The van der Waals surface area contributed by atoms with Gasteiger partial charge in [0, 0.05) is 26.3 Å². The molecule has 2 aromatic rings. The van der Waals surface area contributed by atoms with Crippen LogP contribution in [0.25, 0.3) is 0 Å². The minimum absolute atomic E-state index is 0.0748. The lowest BCUT2D eigenvalue weighted by atomic mass is 10.1. The number of carbonyl (C=O) groups excluding carboxylic acids is 1. The van der Waals surface area contributed by atoms with Gasteiger partial charge >= 0.3 is 0 Å². The Bertz CT molecular complexity index is 558. The second kappa shape index (κ2) is 6.89. The van der Waals surface area contributed by atoms with Crippen molar-refractivity contribution in [1.82, 2.24) is 10.3 Å². The highest BCUT2D eigenvalue weighted by Gasteiger charge is 2.04. The summed E-state index contributed by atoms with van der Waals surface area (Å²) in [5.41, 5.74) is 3.31.